The van der Waals surface area contributed by atoms with Crippen LogP contribution in [0.4, 0.5) is 18.9 Å². The highest BCUT2D eigenvalue weighted by atomic mass is 79.9. The molecule has 5 atom stereocenters. The number of rotatable bonds is 5. The zero-order chi connectivity index (χ0) is 33.3. The van der Waals surface area contributed by atoms with Gasteiger partial charge < -0.3 is 31.5 Å². The van der Waals surface area contributed by atoms with Crippen LogP contribution >= 0.6 is 15.9 Å². The first-order valence-corrected chi connectivity index (χ1v) is 14.4. The van der Waals surface area contributed by atoms with E-state index >= 15 is 0 Å². The molecule has 2 aromatic carbocycles. The number of benzene rings is 2. The van der Waals surface area contributed by atoms with E-state index in [1.54, 1.807) is 0 Å². The predicted molar refractivity (Wildman–Crippen MR) is 156 cm³/mol. The molecule has 11 nitrogen and oxygen atoms in total. The number of ketones is 2. The first-order valence-electron chi connectivity index (χ1n) is 13.5. The van der Waals surface area contributed by atoms with Gasteiger partial charge in [-0.2, -0.15) is 13.2 Å². The minimum absolute atomic E-state index is 0.0585. The summed E-state index contributed by atoms with van der Waals surface area (Å²) in [4.78, 5) is 52.4. The molecule has 0 saturated heterocycles. The van der Waals surface area contributed by atoms with Crippen LogP contribution in [0, 0.1) is 11.8 Å². The van der Waals surface area contributed by atoms with E-state index < -0.39 is 86.3 Å². The number of primary amides is 1. The highest BCUT2D eigenvalue weighted by molar-refractivity contribution is 9.09. The standard InChI is InChI=1S/C30H27BrF3N3O8/c1-37(2)21-15-10-13-9-12-5-8-16(36-28(44)20(31)11-3-6-14(7-4-11)30(32,33)34)22(38)17(12)23(39)18(13)25(41)29(15,45)26(42)19(24(21)40)27(35)43/h3-8,13,15,20-21,38-39,42,45H,9-10H2,1-2H3,(H2,35,43)(H,36,44)/t13?,15?,20?,21-,29-/m0/s1. The fourth-order valence-corrected chi connectivity index (χ4v) is 6.93. The van der Waals surface area contributed by atoms with Gasteiger partial charge in [-0.05, 0) is 62.2 Å². The molecule has 3 aliphatic rings. The van der Waals surface area contributed by atoms with Crippen molar-refractivity contribution in [3.05, 3.63) is 75.6 Å². The quantitative estimate of drug-likeness (QED) is 0.155. The van der Waals surface area contributed by atoms with Crippen molar-refractivity contribution in [2.24, 2.45) is 17.6 Å². The van der Waals surface area contributed by atoms with E-state index in [9.17, 15) is 52.8 Å². The Morgan fingerprint density at radius 1 is 1.09 bits per heavy atom. The SMILES string of the molecule is CN(C)[C@@H]1C(=O)C(C(N)=O)=C(O)[C@@]2(O)C(=O)C3=C(O)c4c(ccc(NC(=O)C(Br)c5ccc(C(F)(F)F)cc5)c4O)CC3CC12. The van der Waals surface area contributed by atoms with Gasteiger partial charge in [0.1, 0.15) is 27.7 Å². The van der Waals surface area contributed by atoms with Crippen molar-refractivity contribution in [1.29, 1.82) is 0 Å². The van der Waals surface area contributed by atoms with E-state index in [0.717, 1.165) is 24.3 Å². The summed E-state index contributed by atoms with van der Waals surface area (Å²) in [5.41, 5.74) is 0.464. The summed E-state index contributed by atoms with van der Waals surface area (Å²) in [7, 11) is 2.99. The monoisotopic (exact) mass is 693 g/mol. The number of hydrogen-bond donors (Lipinski definition) is 6. The van der Waals surface area contributed by atoms with Crippen LogP contribution in [0.15, 0.2) is 53.3 Å². The Morgan fingerprint density at radius 3 is 2.27 bits per heavy atom. The van der Waals surface area contributed by atoms with E-state index in [0.29, 0.717) is 5.56 Å². The molecule has 0 spiro atoms. The molecule has 2 amide bonds. The number of amides is 2. The van der Waals surface area contributed by atoms with Gasteiger partial charge in [-0.1, -0.05) is 34.1 Å². The Hall–Kier alpha value is -4.21. The second kappa shape index (κ2) is 11.0. The molecule has 0 radical (unpaired) electrons. The number of carbonyl (C=O) groups excluding carboxylic acids is 4. The maximum atomic E-state index is 13.9. The van der Waals surface area contributed by atoms with Crippen LogP contribution in [0.3, 0.4) is 0 Å². The van der Waals surface area contributed by atoms with Gasteiger partial charge in [-0.3, -0.25) is 24.1 Å². The van der Waals surface area contributed by atoms with Gasteiger partial charge in [0.15, 0.2) is 11.4 Å². The number of Topliss-reactive ketones (excluding diaryl/α,β-unsaturated/α-hetero) is 2. The largest absolute Gasteiger partial charge is 0.508 e. The second-order valence-corrected chi connectivity index (χ2v) is 12.3. The molecule has 0 aliphatic heterocycles. The molecule has 45 heavy (non-hydrogen) atoms. The molecule has 15 heteroatoms. The van der Waals surface area contributed by atoms with Gasteiger partial charge in [0, 0.05) is 11.5 Å². The van der Waals surface area contributed by atoms with Gasteiger partial charge in [-0.25, -0.2) is 0 Å². The normalized spacial score (nSPS) is 25.5. The number of nitrogens with zero attached hydrogens (tertiary/aromatic N) is 1. The number of nitrogens with two attached hydrogens (primary N) is 1. The third kappa shape index (κ3) is 4.98. The Balaban J connectivity index is 1.51. The number of phenols is 1. The lowest BCUT2D eigenvalue weighted by Gasteiger charge is -2.50. The first-order chi connectivity index (χ1) is 20.9. The summed E-state index contributed by atoms with van der Waals surface area (Å²) in [6.45, 7) is 0. The Labute approximate surface area is 261 Å². The molecule has 3 aliphatic carbocycles. The number of likely N-dealkylation sites (N-methyl/N-ethyl adjacent to an activating group) is 1. The van der Waals surface area contributed by atoms with E-state index in [1.165, 1.54) is 31.1 Å². The highest BCUT2D eigenvalue weighted by Gasteiger charge is 2.64. The number of aliphatic hydroxyl groups is 3. The molecule has 0 heterocycles. The van der Waals surface area contributed by atoms with Gasteiger partial charge in [-0.15, -0.1) is 0 Å². The summed E-state index contributed by atoms with van der Waals surface area (Å²) in [5, 5.41) is 47.5. The number of alkyl halides is 4. The summed E-state index contributed by atoms with van der Waals surface area (Å²) in [5.74, 6) is -8.73. The number of aliphatic hydroxyl groups excluding tert-OH is 2. The van der Waals surface area contributed by atoms with Crippen LogP contribution in [0.25, 0.3) is 5.76 Å². The minimum Gasteiger partial charge on any atom is -0.508 e. The second-order valence-electron chi connectivity index (χ2n) is 11.4. The average Bonchev–Trinajstić information content (AvgIpc) is 2.95. The molecule has 238 valence electrons. The summed E-state index contributed by atoms with van der Waals surface area (Å²) in [6, 6.07) is 5.48. The van der Waals surface area contributed by atoms with Crippen LogP contribution < -0.4 is 11.1 Å². The molecule has 0 aromatic heterocycles. The summed E-state index contributed by atoms with van der Waals surface area (Å²) < 4.78 is 38.8. The van der Waals surface area contributed by atoms with Crippen molar-refractivity contribution >= 4 is 50.8 Å². The molecule has 0 bridgehead atoms. The van der Waals surface area contributed by atoms with Gasteiger partial charge in [0.25, 0.3) is 5.91 Å². The van der Waals surface area contributed by atoms with Crippen LogP contribution in [0.2, 0.25) is 0 Å². The number of anilines is 1. The fourth-order valence-electron chi connectivity index (χ4n) is 6.51. The molecule has 3 unspecified atom stereocenters. The van der Waals surface area contributed by atoms with Crippen molar-refractivity contribution < 1.29 is 52.8 Å². The van der Waals surface area contributed by atoms with Gasteiger partial charge >= 0.3 is 6.18 Å². The fraction of sp³-hybridized carbons (Fsp3) is 0.333. The van der Waals surface area contributed by atoms with E-state index in [1.807, 2.05) is 0 Å². The Kier molecular flexibility index (Phi) is 7.87. The van der Waals surface area contributed by atoms with Crippen molar-refractivity contribution in [2.45, 2.75) is 35.5 Å². The van der Waals surface area contributed by atoms with Crippen molar-refractivity contribution in [3.63, 3.8) is 0 Å². The Morgan fingerprint density at radius 2 is 1.71 bits per heavy atom. The van der Waals surface area contributed by atoms with E-state index in [2.05, 4.69) is 21.2 Å². The van der Waals surface area contributed by atoms with Crippen LogP contribution in [0.1, 0.15) is 33.5 Å². The average molecular weight is 694 g/mol. The zero-order valence-electron chi connectivity index (χ0n) is 23.6. The number of phenolic OH excluding ortho intramolecular Hbond substituents is 1. The van der Waals surface area contributed by atoms with Gasteiger partial charge in [0.05, 0.1) is 22.9 Å². The molecule has 5 rings (SSSR count). The van der Waals surface area contributed by atoms with E-state index in [4.69, 9.17) is 5.73 Å². The van der Waals surface area contributed by atoms with Crippen molar-refractivity contribution in [2.75, 3.05) is 19.4 Å². The highest BCUT2D eigenvalue weighted by Crippen LogP contribution is 2.53. The lowest BCUT2D eigenvalue weighted by Crippen LogP contribution is -2.65. The van der Waals surface area contributed by atoms with Crippen LogP contribution in [-0.2, 0) is 31.8 Å². The molecule has 1 fully saturated rings. The number of fused-ring (bicyclic) bond motifs is 3. The minimum atomic E-state index is -4.56. The molecular weight excluding hydrogens is 667 g/mol. The smallest absolute Gasteiger partial charge is 0.416 e. The topological polar surface area (TPSA) is 190 Å². The third-order valence-electron chi connectivity index (χ3n) is 8.61. The third-order valence-corrected chi connectivity index (χ3v) is 9.56. The van der Waals surface area contributed by atoms with E-state index in [-0.39, 0.29) is 35.2 Å². The number of aromatic hydroxyl groups is 1. The van der Waals surface area contributed by atoms with Crippen LogP contribution in [0.5, 0.6) is 5.75 Å². The number of nitrogens with one attached hydrogen (secondary N) is 1. The first kappa shape index (κ1) is 32.2. The van der Waals surface area contributed by atoms with Crippen molar-refractivity contribution in [3.8, 4) is 5.75 Å². The van der Waals surface area contributed by atoms with Crippen molar-refractivity contribution in [1.82, 2.24) is 4.90 Å². The zero-order valence-corrected chi connectivity index (χ0v) is 25.2. The van der Waals surface area contributed by atoms with Gasteiger partial charge in [0.2, 0.25) is 11.7 Å². The molecule has 2 aromatic rings. The summed E-state index contributed by atoms with van der Waals surface area (Å²) in [6.07, 6.45) is -4.59. The molecular formula is C30H27BrF3N3O8. The maximum absolute atomic E-state index is 13.9. The lowest BCUT2D eigenvalue weighted by molar-refractivity contribution is -0.153. The Bertz CT molecular complexity index is 1720. The number of carbonyl (C=O) groups is 4. The summed E-state index contributed by atoms with van der Waals surface area (Å²) >= 11 is 3.13. The van der Waals surface area contributed by atoms with Crippen LogP contribution in [-0.4, -0.2) is 74.4 Å². The molecule has 1 saturated carbocycles. The number of halogens is 4. The lowest BCUT2D eigenvalue weighted by atomic mass is 9.57. The predicted octanol–water partition coefficient (Wildman–Crippen LogP) is 3.06. The molecule has 7 N–H and O–H groups in total. The number of hydrogen-bond acceptors (Lipinski definition) is 9. The maximum Gasteiger partial charge on any atom is 0.416 e.